The summed E-state index contributed by atoms with van der Waals surface area (Å²) in [5, 5.41) is 3.51. The number of hydrogen-bond donors (Lipinski definition) is 1. The van der Waals surface area contributed by atoms with Crippen molar-refractivity contribution in [3.63, 3.8) is 0 Å². The van der Waals surface area contributed by atoms with Gasteiger partial charge in [-0.05, 0) is 82.2 Å². The Bertz CT molecular complexity index is 363. The molecule has 5 aliphatic rings. The maximum atomic E-state index is 12.6. The molecule has 1 amide bonds. The van der Waals surface area contributed by atoms with E-state index in [0.717, 1.165) is 30.8 Å². The van der Waals surface area contributed by atoms with Crippen LogP contribution in [0, 0.1) is 17.8 Å². The van der Waals surface area contributed by atoms with Gasteiger partial charge in [-0.1, -0.05) is 12.8 Å². The zero-order valence-electron chi connectivity index (χ0n) is 13.3. The Morgan fingerprint density at radius 1 is 0.905 bits per heavy atom. The minimum absolute atomic E-state index is 0.192. The van der Waals surface area contributed by atoms with Gasteiger partial charge in [-0.2, -0.15) is 0 Å². The number of nitrogens with zero attached hydrogens (tertiary/aromatic N) is 1. The molecule has 1 saturated heterocycles. The van der Waals surface area contributed by atoms with E-state index in [9.17, 15) is 4.79 Å². The summed E-state index contributed by atoms with van der Waals surface area (Å²) in [5.41, 5.74) is 0.192. The Hall–Kier alpha value is -0.570. The second-order valence-corrected chi connectivity index (χ2v) is 8.44. The molecule has 4 saturated carbocycles. The minimum atomic E-state index is 0.192. The second-order valence-electron chi connectivity index (χ2n) is 8.44. The van der Waals surface area contributed by atoms with Crippen molar-refractivity contribution >= 4 is 5.91 Å². The largest absolute Gasteiger partial charge is 0.350 e. The zero-order valence-corrected chi connectivity index (χ0v) is 13.3. The van der Waals surface area contributed by atoms with Gasteiger partial charge in [0.05, 0.1) is 6.54 Å². The maximum Gasteiger partial charge on any atom is 0.234 e. The van der Waals surface area contributed by atoms with Gasteiger partial charge in [0.1, 0.15) is 0 Å². The molecule has 0 aromatic carbocycles. The van der Waals surface area contributed by atoms with Crippen molar-refractivity contribution in [2.75, 3.05) is 19.6 Å². The van der Waals surface area contributed by atoms with Gasteiger partial charge in [-0.25, -0.2) is 0 Å². The van der Waals surface area contributed by atoms with E-state index in [4.69, 9.17) is 0 Å². The van der Waals surface area contributed by atoms with E-state index < -0.39 is 0 Å². The molecule has 4 aliphatic carbocycles. The van der Waals surface area contributed by atoms with Crippen molar-refractivity contribution in [2.45, 2.75) is 69.7 Å². The van der Waals surface area contributed by atoms with Crippen molar-refractivity contribution in [2.24, 2.45) is 17.8 Å². The number of nitrogens with one attached hydrogen (secondary N) is 1. The zero-order chi connectivity index (χ0) is 14.3. The summed E-state index contributed by atoms with van der Waals surface area (Å²) in [5.74, 6) is 3.04. The maximum absolute atomic E-state index is 12.6. The predicted octanol–water partition coefficient (Wildman–Crippen LogP) is 2.95. The number of carbonyl (C=O) groups is 1. The summed E-state index contributed by atoms with van der Waals surface area (Å²) in [6.45, 7) is 2.88. The molecule has 0 spiro atoms. The third kappa shape index (κ3) is 2.99. The van der Waals surface area contributed by atoms with E-state index in [1.54, 1.807) is 0 Å². The fraction of sp³-hybridized carbons (Fsp3) is 0.944. The molecule has 5 rings (SSSR count). The molecule has 1 heterocycles. The summed E-state index contributed by atoms with van der Waals surface area (Å²) < 4.78 is 0. The molecule has 21 heavy (non-hydrogen) atoms. The third-order valence-electron chi connectivity index (χ3n) is 6.51. The van der Waals surface area contributed by atoms with E-state index in [-0.39, 0.29) is 5.54 Å². The van der Waals surface area contributed by atoms with E-state index in [1.165, 1.54) is 64.2 Å². The lowest BCUT2D eigenvalue weighted by Gasteiger charge is -2.57. The van der Waals surface area contributed by atoms with Gasteiger partial charge in [0.25, 0.3) is 0 Å². The van der Waals surface area contributed by atoms with Crippen LogP contribution < -0.4 is 5.32 Å². The van der Waals surface area contributed by atoms with E-state index in [0.29, 0.717) is 12.5 Å². The van der Waals surface area contributed by atoms with Crippen LogP contribution >= 0.6 is 0 Å². The summed E-state index contributed by atoms with van der Waals surface area (Å²) >= 11 is 0. The Labute approximate surface area is 128 Å². The third-order valence-corrected chi connectivity index (χ3v) is 6.51. The fourth-order valence-corrected chi connectivity index (χ4v) is 6.10. The van der Waals surface area contributed by atoms with Crippen LogP contribution in [0.4, 0.5) is 0 Å². The monoisotopic (exact) mass is 290 g/mol. The number of rotatable bonds is 3. The van der Waals surface area contributed by atoms with Crippen molar-refractivity contribution in [3.8, 4) is 0 Å². The number of hydrogen-bond acceptors (Lipinski definition) is 2. The molecular formula is C18H30N2O. The molecule has 118 valence electrons. The molecular weight excluding hydrogens is 260 g/mol. The molecule has 0 atom stereocenters. The highest BCUT2D eigenvalue weighted by Gasteiger charge is 2.51. The van der Waals surface area contributed by atoms with Crippen LogP contribution in [0.2, 0.25) is 0 Å². The Morgan fingerprint density at radius 3 is 1.95 bits per heavy atom. The van der Waals surface area contributed by atoms with E-state index >= 15 is 0 Å². The number of carbonyl (C=O) groups excluding carboxylic acids is 1. The van der Waals surface area contributed by atoms with E-state index in [2.05, 4.69) is 10.2 Å². The average molecular weight is 290 g/mol. The summed E-state index contributed by atoms with van der Waals surface area (Å²) in [6, 6.07) is 0. The van der Waals surface area contributed by atoms with Gasteiger partial charge in [-0.3, -0.25) is 9.69 Å². The van der Waals surface area contributed by atoms with Crippen LogP contribution in [0.3, 0.4) is 0 Å². The average Bonchev–Trinajstić information content (AvgIpc) is 2.64. The standard InChI is InChI=1S/C18H30N2O/c21-17(13-20-5-3-1-2-4-6-20)19-18-10-14-7-15(11-18)9-16(8-14)12-18/h14-16H,1-13H2,(H,19,21). The van der Waals surface area contributed by atoms with Crippen LogP contribution in [-0.4, -0.2) is 36.0 Å². The SMILES string of the molecule is O=C(CN1CCCCCC1)NC12CC3CC(CC(C3)C1)C2. The van der Waals surface area contributed by atoms with Gasteiger partial charge in [0.15, 0.2) is 0 Å². The minimum Gasteiger partial charge on any atom is -0.350 e. The first-order valence-electron chi connectivity index (χ1n) is 9.24. The molecule has 0 unspecified atom stereocenters. The van der Waals surface area contributed by atoms with Crippen LogP contribution in [0.25, 0.3) is 0 Å². The van der Waals surface area contributed by atoms with Crippen LogP contribution in [0.15, 0.2) is 0 Å². The fourth-order valence-electron chi connectivity index (χ4n) is 6.10. The van der Waals surface area contributed by atoms with Crippen LogP contribution in [-0.2, 0) is 4.79 Å². The molecule has 5 fully saturated rings. The Balaban J connectivity index is 1.35. The molecule has 1 N–H and O–H groups in total. The van der Waals surface area contributed by atoms with E-state index in [1.807, 2.05) is 0 Å². The smallest absolute Gasteiger partial charge is 0.234 e. The topological polar surface area (TPSA) is 32.3 Å². The van der Waals surface area contributed by atoms with Gasteiger partial charge in [0.2, 0.25) is 5.91 Å². The summed E-state index contributed by atoms with van der Waals surface area (Å²) in [6.07, 6.45) is 13.4. The highest BCUT2D eigenvalue weighted by atomic mass is 16.2. The first-order chi connectivity index (χ1) is 10.2. The molecule has 3 heteroatoms. The molecule has 0 aromatic rings. The van der Waals surface area contributed by atoms with Gasteiger partial charge in [-0.15, -0.1) is 0 Å². The molecule has 4 bridgehead atoms. The van der Waals surface area contributed by atoms with Crippen LogP contribution in [0.1, 0.15) is 64.2 Å². The number of likely N-dealkylation sites (tertiary alicyclic amines) is 1. The van der Waals surface area contributed by atoms with Crippen molar-refractivity contribution in [1.29, 1.82) is 0 Å². The molecule has 1 aliphatic heterocycles. The predicted molar refractivity (Wildman–Crippen MR) is 84.0 cm³/mol. The van der Waals surface area contributed by atoms with Crippen molar-refractivity contribution in [3.05, 3.63) is 0 Å². The quantitative estimate of drug-likeness (QED) is 0.867. The lowest BCUT2D eigenvalue weighted by molar-refractivity contribution is -0.128. The summed E-state index contributed by atoms with van der Waals surface area (Å²) in [7, 11) is 0. The van der Waals surface area contributed by atoms with Gasteiger partial charge >= 0.3 is 0 Å². The van der Waals surface area contributed by atoms with Gasteiger partial charge < -0.3 is 5.32 Å². The van der Waals surface area contributed by atoms with Gasteiger partial charge in [0, 0.05) is 5.54 Å². The molecule has 0 aromatic heterocycles. The highest BCUT2D eigenvalue weighted by molar-refractivity contribution is 5.79. The lowest BCUT2D eigenvalue weighted by atomic mass is 9.53. The highest BCUT2D eigenvalue weighted by Crippen LogP contribution is 2.55. The first-order valence-corrected chi connectivity index (χ1v) is 9.24. The normalized spacial score (nSPS) is 42.8. The lowest BCUT2D eigenvalue weighted by Crippen LogP contribution is -2.61. The Kier molecular flexibility index (Phi) is 3.72. The summed E-state index contributed by atoms with van der Waals surface area (Å²) in [4.78, 5) is 14.9. The van der Waals surface area contributed by atoms with Crippen molar-refractivity contribution in [1.82, 2.24) is 10.2 Å². The first kappa shape index (κ1) is 14.0. The second kappa shape index (κ2) is 5.57. The molecule has 0 radical (unpaired) electrons. The number of amides is 1. The van der Waals surface area contributed by atoms with Crippen LogP contribution in [0.5, 0.6) is 0 Å². The Morgan fingerprint density at radius 2 is 1.43 bits per heavy atom. The van der Waals surface area contributed by atoms with Crippen molar-refractivity contribution < 1.29 is 4.79 Å². The molecule has 3 nitrogen and oxygen atoms in total.